The average Bonchev–Trinajstić information content (AvgIpc) is 3.07. The van der Waals surface area contributed by atoms with E-state index in [4.69, 9.17) is 4.74 Å². The number of hydrogen-bond donors (Lipinski definition) is 1. The fraction of sp³-hybridized carbons (Fsp3) is 0.500. The van der Waals surface area contributed by atoms with Crippen LogP contribution >= 0.6 is 23.1 Å². The second-order valence-corrected chi connectivity index (χ2v) is 8.56. The summed E-state index contributed by atoms with van der Waals surface area (Å²) in [6.45, 7) is 4.65. The van der Waals surface area contributed by atoms with Crippen molar-refractivity contribution in [3.63, 3.8) is 0 Å². The van der Waals surface area contributed by atoms with Gasteiger partial charge in [0.05, 0.1) is 17.6 Å². The summed E-state index contributed by atoms with van der Waals surface area (Å²) in [5.41, 5.74) is 3.83. The molecular formula is C16H18N4O3S2. The molecule has 0 aromatic carbocycles. The Morgan fingerprint density at radius 2 is 1.96 bits per heavy atom. The molecule has 1 saturated heterocycles. The van der Waals surface area contributed by atoms with Gasteiger partial charge in [-0.05, 0) is 25.7 Å². The van der Waals surface area contributed by atoms with E-state index in [1.807, 2.05) is 6.26 Å². The maximum absolute atomic E-state index is 12.0. The molecule has 0 unspecified atom stereocenters. The van der Waals surface area contributed by atoms with Crippen LogP contribution in [-0.2, 0) is 27.4 Å². The van der Waals surface area contributed by atoms with Crippen LogP contribution in [0.3, 0.4) is 0 Å². The molecule has 0 saturated carbocycles. The zero-order valence-corrected chi connectivity index (χ0v) is 15.8. The summed E-state index contributed by atoms with van der Waals surface area (Å²) in [5, 5.41) is 2.58. The molecule has 0 bridgehead atoms. The number of carbonyl (C=O) groups excluding carboxylic acids is 2. The molecular weight excluding hydrogens is 360 g/mol. The van der Waals surface area contributed by atoms with Gasteiger partial charge in [-0.3, -0.25) is 15.0 Å². The predicted octanol–water partition coefficient (Wildman–Crippen LogP) is 2.74. The topological polar surface area (TPSA) is 84.4 Å². The molecule has 132 valence electrons. The Labute approximate surface area is 153 Å². The molecule has 0 atom stereocenters. The Kier molecular flexibility index (Phi) is 3.97. The normalized spacial score (nSPS) is 19.6. The van der Waals surface area contributed by atoms with E-state index in [2.05, 4.69) is 29.2 Å². The smallest absolute Gasteiger partial charge is 0.248 e. The molecule has 2 aliphatic rings. The summed E-state index contributed by atoms with van der Waals surface area (Å²) in [5.74, 6) is 0.0681. The third kappa shape index (κ3) is 2.90. The SMILES string of the molecule is CSc1nc(NN2C(=O)CCC2=O)c2c3c(sc2n1)COC(C)(C)C3. The highest BCUT2D eigenvalue weighted by Crippen LogP contribution is 2.41. The molecule has 4 rings (SSSR count). The number of anilines is 1. The summed E-state index contributed by atoms with van der Waals surface area (Å²) >= 11 is 3.01. The minimum Gasteiger partial charge on any atom is -0.370 e. The van der Waals surface area contributed by atoms with E-state index in [9.17, 15) is 9.59 Å². The number of thiophene rings is 1. The number of nitrogens with one attached hydrogen (secondary N) is 1. The minimum absolute atomic E-state index is 0.227. The van der Waals surface area contributed by atoms with Crippen LogP contribution in [0.5, 0.6) is 0 Å². The summed E-state index contributed by atoms with van der Waals surface area (Å²) in [6, 6.07) is 0. The van der Waals surface area contributed by atoms with E-state index in [-0.39, 0.29) is 30.3 Å². The van der Waals surface area contributed by atoms with Crippen LogP contribution in [0.4, 0.5) is 5.82 Å². The Morgan fingerprint density at radius 3 is 2.64 bits per heavy atom. The lowest BCUT2D eigenvalue weighted by molar-refractivity contribution is -0.136. The van der Waals surface area contributed by atoms with Gasteiger partial charge in [0.2, 0.25) is 11.8 Å². The molecule has 2 aromatic heterocycles. The molecule has 0 spiro atoms. The molecule has 1 N–H and O–H groups in total. The van der Waals surface area contributed by atoms with E-state index in [1.165, 1.54) is 11.8 Å². The highest BCUT2D eigenvalue weighted by molar-refractivity contribution is 7.98. The number of hydrogen-bond acceptors (Lipinski definition) is 8. The predicted molar refractivity (Wildman–Crippen MR) is 96.5 cm³/mol. The maximum Gasteiger partial charge on any atom is 0.248 e. The summed E-state index contributed by atoms with van der Waals surface area (Å²) in [7, 11) is 0. The first-order valence-corrected chi connectivity index (χ1v) is 10.0. The third-order valence-corrected chi connectivity index (χ3v) is 6.01. The number of fused-ring (bicyclic) bond motifs is 3. The number of amides is 2. The van der Waals surface area contributed by atoms with Gasteiger partial charge in [-0.15, -0.1) is 11.3 Å². The number of hydrazine groups is 1. The Balaban J connectivity index is 1.85. The highest BCUT2D eigenvalue weighted by atomic mass is 32.2. The molecule has 2 aliphatic heterocycles. The van der Waals surface area contributed by atoms with Gasteiger partial charge in [0.1, 0.15) is 4.83 Å². The van der Waals surface area contributed by atoms with Gasteiger partial charge in [-0.1, -0.05) is 11.8 Å². The van der Waals surface area contributed by atoms with Crippen molar-refractivity contribution in [2.45, 2.75) is 50.5 Å². The lowest BCUT2D eigenvalue weighted by Crippen LogP contribution is -2.35. The van der Waals surface area contributed by atoms with Crippen LogP contribution in [0.2, 0.25) is 0 Å². The summed E-state index contributed by atoms with van der Waals surface area (Å²) in [4.78, 5) is 35.1. The van der Waals surface area contributed by atoms with Crippen molar-refractivity contribution in [2.24, 2.45) is 0 Å². The van der Waals surface area contributed by atoms with Crippen LogP contribution in [0.1, 0.15) is 37.1 Å². The van der Waals surface area contributed by atoms with Crippen LogP contribution in [0.25, 0.3) is 10.2 Å². The van der Waals surface area contributed by atoms with E-state index < -0.39 is 0 Å². The van der Waals surface area contributed by atoms with Crippen LogP contribution in [-0.4, -0.2) is 38.6 Å². The second-order valence-electron chi connectivity index (χ2n) is 6.70. The number of rotatable bonds is 3. The van der Waals surface area contributed by atoms with E-state index >= 15 is 0 Å². The van der Waals surface area contributed by atoms with Crippen molar-refractivity contribution < 1.29 is 14.3 Å². The molecule has 9 heteroatoms. The monoisotopic (exact) mass is 378 g/mol. The van der Waals surface area contributed by atoms with Crippen molar-refractivity contribution >= 4 is 50.9 Å². The molecule has 1 fully saturated rings. The standard InChI is InChI=1S/C16H18N4O3S2/c1-16(2)6-8-9(7-23-16)25-14-12(8)13(17-15(18-14)24-3)19-20-10(21)4-5-11(20)22/h4-7H2,1-3H3,(H,17,18,19). The summed E-state index contributed by atoms with van der Waals surface area (Å²) in [6.07, 6.45) is 3.11. The fourth-order valence-electron chi connectivity index (χ4n) is 3.10. The number of thioether (sulfide) groups is 1. The van der Waals surface area contributed by atoms with Crippen molar-refractivity contribution in [3.8, 4) is 0 Å². The minimum atomic E-state index is -0.268. The zero-order valence-electron chi connectivity index (χ0n) is 14.2. The lowest BCUT2D eigenvalue weighted by Gasteiger charge is -2.30. The van der Waals surface area contributed by atoms with Gasteiger partial charge in [-0.25, -0.2) is 9.97 Å². The zero-order chi connectivity index (χ0) is 17.8. The first-order valence-electron chi connectivity index (χ1n) is 8.00. The molecule has 2 amide bonds. The Bertz CT molecular complexity index is 877. The molecule has 7 nitrogen and oxygen atoms in total. The molecule has 0 radical (unpaired) electrons. The van der Waals surface area contributed by atoms with Crippen LogP contribution < -0.4 is 5.43 Å². The maximum atomic E-state index is 12.0. The van der Waals surface area contributed by atoms with E-state index in [0.717, 1.165) is 32.1 Å². The largest absolute Gasteiger partial charge is 0.370 e. The van der Waals surface area contributed by atoms with Gasteiger partial charge in [0, 0.05) is 24.1 Å². The fourth-order valence-corrected chi connectivity index (χ4v) is 4.63. The first kappa shape index (κ1) is 16.7. The van der Waals surface area contributed by atoms with Gasteiger partial charge >= 0.3 is 0 Å². The van der Waals surface area contributed by atoms with Crippen molar-refractivity contribution in [2.75, 3.05) is 11.7 Å². The van der Waals surface area contributed by atoms with Crippen molar-refractivity contribution in [1.29, 1.82) is 0 Å². The van der Waals surface area contributed by atoms with E-state index in [0.29, 0.717) is 17.6 Å². The van der Waals surface area contributed by atoms with E-state index in [1.54, 1.807) is 11.3 Å². The highest BCUT2D eigenvalue weighted by Gasteiger charge is 2.33. The van der Waals surface area contributed by atoms with Crippen molar-refractivity contribution in [3.05, 3.63) is 10.4 Å². The number of nitrogens with zero attached hydrogens (tertiary/aromatic N) is 3. The molecule has 0 aliphatic carbocycles. The number of imide groups is 1. The Morgan fingerprint density at radius 1 is 1.24 bits per heavy atom. The quantitative estimate of drug-likeness (QED) is 0.499. The Hall–Kier alpha value is -1.71. The molecule has 4 heterocycles. The second kappa shape index (κ2) is 5.93. The molecule has 2 aromatic rings. The number of carbonyl (C=O) groups is 2. The van der Waals surface area contributed by atoms with Crippen LogP contribution in [0.15, 0.2) is 5.16 Å². The number of ether oxygens (including phenoxy) is 1. The summed E-state index contributed by atoms with van der Waals surface area (Å²) < 4.78 is 5.90. The van der Waals surface area contributed by atoms with Gasteiger partial charge < -0.3 is 4.74 Å². The van der Waals surface area contributed by atoms with Gasteiger partial charge in [0.25, 0.3) is 0 Å². The van der Waals surface area contributed by atoms with Crippen LogP contribution in [0, 0.1) is 0 Å². The molecule has 25 heavy (non-hydrogen) atoms. The van der Waals surface area contributed by atoms with Gasteiger partial charge in [-0.2, -0.15) is 5.01 Å². The van der Waals surface area contributed by atoms with Gasteiger partial charge in [0.15, 0.2) is 11.0 Å². The number of aromatic nitrogens is 2. The first-order chi connectivity index (χ1) is 11.9. The lowest BCUT2D eigenvalue weighted by atomic mass is 9.94. The third-order valence-electron chi connectivity index (χ3n) is 4.36. The average molecular weight is 378 g/mol. The van der Waals surface area contributed by atoms with Crippen molar-refractivity contribution in [1.82, 2.24) is 15.0 Å².